The lowest BCUT2D eigenvalue weighted by molar-refractivity contribution is 0.102. The Labute approximate surface area is 201 Å². The van der Waals surface area contributed by atoms with E-state index in [1.165, 1.54) is 30.3 Å². The van der Waals surface area contributed by atoms with Crippen LogP contribution >= 0.6 is 0 Å². The molecule has 0 spiro atoms. The van der Waals surface area contributed by atoms with Crippen LogP contribution in [0.15, 0.2) is 91.0 Å². The lowest BCUT2D eigenvalue weighted by Crippen LogP contribution is -2.16. The molecule has 3 aromatic carbocycles. The number of rotatable bonds is 5. The maximum atomic E-state index is 14.2. The summed E-state index contributed by atoms with van der Waals surface area (Å²) in [6.45, 7) is 3.93. The molecule has 0 saturated carbocycles. The topological polar surface area (TPSA) is 51.9 Å². The molecule has 1 N–H and O–H groups in total. The van der Waals surface area contributed by atoms with E-state index in [1.54, 1.807) is 28.9 Å². The predicted molar refractivity (Wildman–Crippen MR) is 132 cm³/mol. The van der Waals surface area contributed by atoms with Crippen molar-refractivity contribution in [1.29, 1.82) is 0 Å². The van der Waals surface area contributed by atoms with Gasteiger partial charge in [-0.2, -0.15) is 5.10 Å². The molecule has 35 heavy (non-hydrogen) atoms. The van der Waals surface area contributed by atoms with Crippen LogP contribution in [-0.2, 0) is 0 Å². The molecule has 0 radical (unpaired) electrons. The first-order valence-electron chi connectivity index (χ1n) is 11.1. The second kappa shape index (κ2) is 9.02. The Bertz CT molecular complexity index is 1520. The van der Waals surface area contributed by atoms with Crippen LogP contribution < -0.4 is 5.32 Å². The van der Waals surface area contributed by atoms with Crippen LogP contribution in [0.2, 0.25) is 0 Å². The molecule has 0 unspecified atom stereocenters. The van der Waals surface area contributed by atoms with Gasteiger partial charge in [-0.15, -0.1) is 0 Å². The average Bonchev–Trinajstić information content (AvgIpc) is 3.40. The number of carbonyl (C=O) groups is 1. The first kappa shape index (κ1) is 22.3. The molecule has 0 aliphatic carbocycles. The molecule has 5 rings (SSSR count). The van der Waals surface area contributed by atoms with Gasteiger partial charge in [0.2, 0.25) is 0 Å². The Morgan fingerprint density at radius 2 is 1.51 bits per heavy atom. The van der Waals surface area contributed by atoms with Crippen LogP contribution in [-0.4, -0.2) is 20.3 Å². The van der Waals surface area contributed by atoms with E-state index >= 15 is 0 Å². The van der Waals surface area contributed by atoms with Crippen molar-refractivity contribution < 1.29 is 13.6 Å². The van der Waals surface area contributed by atoms with Crippen molar-refractivity contribution in [2.75, 3.05) is 5.32 Å². The van der Waals surface area contributed by atoms with Gasteiger partial charge in [-0.25, -0.2) is 13.5 Å². The van der Waals surface area contributed by atoms with Crippen LogP contribution in [0.4, 0.5) is 14.6 Å². The van der Waals surface area contributed by atoms with Gasteiger partial charge in [-0.3, -0.25) is 4.79 Å². The number of benzene rings is 3. The minimum absolute atomic E-state index is 0.0515. The number of aromatic nitrogens is 3. The maximum Gasteiger partial charge on any atom is 0.259 e. The predicted octanol–water partition coefficient (Wildman–Crippen LogP) is 6.48. The lowest BCUT2D eigenvalue weighted by atomic mass is 10.1. The normalized spacial score (nSPS) is 11.0. The zero-order valence-electron chi connectivity index (χ0n) is 19.2. The summed E-state index contributed by atoms with van der Waals surface area (Å²) in [6, 6.07) is 25.3. The maximum absolute atomic E-state index is 14.2. The van der Waals surface area contributed by atoms with Crippen LogP contribution in [0, 0.1) is 25.5 Å². The Morgan fingerprint density at radius 1 is 0.829 bits per heavy atom. The third kappa shape index (κ3) is 4.24. The van der Waals surface area contributed by atoms with E-state index in [9.17, 15) is 13.6 Å². The highest BCUT2D eigenvalue weighted by molar-refractivity contribution is 6.04. The van der Waals surface area contributed by atoms with E-state index in [4.69, 9.17) is 5.10 Å². The van der Waals surface area contributed by atoms with E-state index in [2.05, 4.69) is 5.32 Å². The van der Waals surface area contributed by atoms with Gasteiger partial charge in [0, 0.05) is 28.7 Å². The molecule has 0 atom stereocenters. The lowest BCUT2D eigenvalue weighted by Gasteiger charge is -2.09. The van der Waals surface area contributed by atoms with Crippen molar-refractivity contribution in [2.24, 2.45) is 0 Å². The van der Waals surface area contributed by atoms with Crippen molar-refractivity contribution in [2.45, 2.75) is 13.8 Å². The van der Waals surface area contributed by atoms with Gasteiger partial charge < -0.3 is 9.88 Å². The first-order valence-corrected chi connectivity index (χ1v) is 11.1. The van der Waals surface area contributed by atoms with Crippen molar-refractivity contribution >= 4 is 11.7 Å². The second-order valence-corrected chi connectivity index (χ2v) is 8.19. The average molecular weight is 469 g/mol. The van der Waals surface area contributed by atoms with Gasteiger partial charge in [0.15, 0.2) is 0 Å². The third-order valence-electron chi connectivity index (χ3n) is 5.86. The number of nitrogens with one attached hydrogen (secondary N) is 1. The Morgan fingerprint density at radius 3 is 2.23 bits per heavy atom. The molecule has 0 aliphatic rings. The zero-order chi connectivity index (χ0) is 24.5. The van der Waals surface area contributed by atoms with Crippen molar-refractivity contribution in [1.82, 2.24) is 14.3 Å². The molecule has 5 aromatic rings. The van der Waals surface area contributed by atoms with E-state index in [0.717, 1.165) is 28.3 Å². The third-order valence-corrected chi connectivity index (χ3v) is 5.86. The van der Waals surface area contributed by atoms with Gasteiger partial charge in [0.25, 0.3) is 5.91 Å². The number of carbonyl (C=O) groups excluding carboxylic acids is 1. The Hall–Kier alpha value is -4.52. The summed E-state index contributed by atoms with van der Waals surface area (Å²) < 4.78 is 31.3. The number of nitrogens with zero attached hydrogens (tertiary/aromatic N) is 3. The smallest absolute Gasteiger partial charge is 0.259 e. The highest BCUT2D eigenvalue weighted by atomic mass is 19.1. The SMILES string of the molecule is Cc1cc(-c2cc(NC(=O)c3ccccc3F)n(-c3ccccc3)n2)c(C)n1-c1ccc(F)cc1. The zero-order valence-corrected chi connectivity index (χ0v) is 19.2. The highest BCUT2D eigenvalue weighted by Gasteiger charge is 2.20. The van der Waals surface area contributed by atoms with Crippen LogP contribution in [0.3, 0.4) is 0 Å². The monoisotopic (exact) mass is 468 g/mol. The summed E-state index contributed by atoms with van der Waals surface area (Å²) in [5.74, 6) is -1.05. The van der Waals surface area contributed by atoms with E-state index < -0.39 is 11.7 Å². The summed E-state index contributed by atoms with van der Waals surface area (Å²) in [5.41, 5.74) is 4.90. The number of amides is 1. The molecular formula is C28H22F2N4O. The molecule has 0 saturated heterocycles. The fourth-order valence-corrected chi connectivity index (χ4v) is 4.21. The van der Waals surface area contributed by atoms with Crippen LogP contribution in [0.1, 0.15) is 21.7 Å². The van der Waals surface area contributed by atoms with Crippen LogP contribution in [0.25, 0.3) is 22.6 Å². The van der Waals surface area contributed by atoms with Gasteiger partial charge in [0.05, 0.1) is 16.9 Å². The van der Waals surface area contributed by atoms with Gasteiger partial charge in [-0.05, 0) is 68.4 Å². The van der Waals surface area contributed by atoms with Crippen LogP contribution in [0.5, 0.6) is 0 Å². The standard InChI is InChI=1S/C28H22F2N4O/c1-18-16-24(19(2)33(18)21-14-12-20(29)13-15-21)26-17-27(34(32-26)22-8-4-3-5-9-22)31-28(35)23-10-6-7-11-25(23)30/h3-17H,1-2H3,(H,31,35). The molecule has 5 nitrogen and oxygen atoms in total. The quantitative estimate of drug-likeness (QED) is 0.321. The summed E-state index contributed by atoms with van der Waals surface area (Å²) in [5, 5.41) is 7.59. The minimum atomic E-state index is -0.598. The number of para-hydroxylation sites is 1. The number of anilines is 1. The van der Waals surface area contributed by atoms with Crippen molar-refractivity contribution in [3.05, 3.63) is 120 Å². The van der Waals surface area contributed by atoms with E-state index in [1.807, 2.05) is 54.8 Å². The van der Waals surface area contributed by atoms with E-state index in [-0.39, 0.29) is 11.4 Å². The van der Waals surface area contributed by atoms with Gasteiger partial charge >= 0.3 is 0 Å². The van der Waals surface area contributed by atoms with Crippen molar-refractivity contribution in [3.8, 4) is 22.6 Å². The fourth-order valence-electron chi connectivity index (χ4n) is 4.21. The van der Waals surface area contributed by atoms with E-state index in [0.29, 0.717) is 11.5 Å². The number of hydrogen-bond acceptors (Lipinski definition) is 2. The number of halogens is 2. The summed E-state index contributed by atoms with van der Waals surface area (Å²) in [7, 11) is 0. The minimum Gasteiger partial charge on any atom is -0.318 e. The largest absolute Gasteiger partial charge is 0.318 e. The summed E-state index contributed by atoms with van der Waals surface area (Å²) in [6.07, 6.45) is 0. The molecule has 2 aromatic heterocycles. The molecule has 7 heteroatoms. The Balaban J connectivity index is 1.59. The Kier molecular flexibility index (Phi) is 5.74. The molecule has 0 fully saturated rings. The first-order chi connectivity index (χ1) is 16.9. The second-order valence-electron chi connectivity index (χ2n) is 8.19. The molecule has 1 amide bonds. The fraction of sp³-hybridized carbons (Fsp3) is 0.0714. The molecule has 0 aliphatic heterocycles. The summed E-state index contributed by atoms with van der Waals surface area (Å²) >= 11 is 0. The van der Waals surface area contributed by atoms with Gasteiger partial charge in [-0.1, -0.05) is 30.3 Å². The van der Waals surface area contributed by atoms with Gasteiger partial charge in [0.1, 0.15) is 17.5 Å². The highest BCUT2D eigenvalue weighted by Crippen LogP contribution is 2.31. The number of aryl methyl sites for hydroxylation is 1. The molecule has 174 valence electrons. The summed E-state index contributed by atoms with van der Waals surface area (Å²) in [4.78, 5) is 12.9. The number of hydrogen-bond donors (Lipinski definition) is 1. The molecule has 0 bridgehead atoms. The van der Waals surface area contributed by atoms with Crippen molar-refractivity contribution in [3.63, 3.8) is 0 Å². The molecular weight excluding hydrogens is 446 g/mol. The molecule has 2 heterocycles.